The zero-order valence-corrected chi connectivity index (χ0v) is 12.7. The molecule has 0 unspecified atom stereocenters. The summed E-state index contributed by atoms with van der Waals surface area (Å²) < 4.78 is 37.0. The minimum absolute atomic E-state index is 0.0455. The number of aromatic nitrogens is 2. The van der Waals surface area contributed by atoms with Crippen molar-refractivity contribution in [3.8, 4) is 0 Å². The monoisotopic (exact) mass is 332 g/mol. The number of H-pyrrole nitrogens is 1. The number of carbonyl (C=O) groups excluding carboxylic acids is 2. The largest absolute Gasteiger partial charge is 0.471 e. The Bertz CT molecular complexity index is 563. The van der Waals surface area contributed by atoms with E-state index >= 15 is 0 Å². The van der Waals surface area contributed by atoms with Crippen LogP contribution in [0.5, 0.6) is 0 Å². The van der Waals surface area contributed by atoms with Gasteiger partial charge in [-0.05, 0) is 19.8 Å². The summed E-state index contributed by atoms with van der Waals surface area (Å²) in [7, 11) is 0. The SMILES string of the molecule is Cc1ncc(CCNC(=O)C2CCN(C(=O)C(F)(F)F)CC2)[nH]1. The maximum Gasteiger partial charge on any atom is 0.471 e. The standard InChI is InChI=1S/C14H19F3N4O2/c1-9-19-8-11(20-9)2-5-18-12(22)10-3-6-21(7-4-10)13(23)14(15,16)17/h8,10H,2-7H2,1H3,(H,18,22)(H,19,20). The van der Waals surface area contributed by atoms with Gasteiger partial charge in [0.2, 0.25) is 5.91 Å². The highest BCUT2D eigenvalue weighted by molar-refractivity contribution is 5.83. The van der Waals surface area contributed by atoms with Crippen LogP contribution in [0.3, 0.4) is 0 Å². The van der Waals surface area contributed by atoms with Gasteiger partial charge in [-0.2, -0.15) is 13.2 Å². The number of imidazole rings is 1. The molecule has 9 heteroatoms. The van der Waals surface area contributed by atoms with Crippen molar-refractivity contribution in [3.63, 3.8) is 0 Å². The molecule has 6 nitrogen and oxygen atoms in total. The maximum atomic E-state index is 12.3. The van der Waals surface area contributed by atoms with Crippen LogP contribution in [0.2, 0.25) is 0 Å². The van der Waals surface area contributed by atoms with Crippen molar-refractivity contribution in [2.24, 2.45) is 5.92 Å². The van der Waals surface area contributed by atoms with Crippen LogP contribution in [0, 0.1) is 12.8 Å². The predicted octanol–water partition coefficient (Wildman–Crippen LogP) is 1.18. The molecule has 2 N–H and O–H groups in total. The van der Waals surface area contributed by atoms with Crippen molar-refractivity contribution in [1.82, 2.24) is 20.2 Å². The van der Waals surface area contributed by atoms with E-state index in [1.165, 1.54) is 0 Å². The highest BCUT2D eigenvalue weighted by atomic mass is 19.4. The summed E-state index contributed by atoms with van der Waals surface area (Å²) in [5.41, 5.74) is 0.911. The van der Waals surface area contributed by atoms with E-state index in [0.717, 1.165) is 16.4 Å². The van der Waals surface area contributed by atoms with Crippen LogP contribution in [0.1, 0.15) is 24.4 Å². The fourth-order valence-corrected chi connectivity index (χ4v) is 2.59. The van der Waals surface area contributed by atoms with E-state index in [1.807, 2.05) is 6.92 Å². The van der Waals surface area contributed by atoms with E-state index in [4.69, 9.17) is 0 Å². The third-order valence-corrected chi connectivity index (χ3v) is 3.84. The van der Waals surface area contributed by atoms with Gasteiger partial charge in [-0.15, -0.1) is 0 Å². The van der Waals surface area contributed by atoms with Gasteiger partial charge in [0.05, 0.1) is 0 Å². The summed E-state index contributed by atoms with van der Waals surface area (Å²) >= 11 is 0. The van der Waals surface area contributed by atoms with Crippen LogP contribution in [0.25, 0.3) is 0 Å². The summed E-state index contributed by atoms with van der Waals surface area (Å²) in [6.45, 7) is 2.17. The quantitative estimate of drug-likeness (QED) is 0.869. The van der Waals surface area contributed by atoms with E-state index in [1.54, 1.807) is 6.20 Å². The van der Waals surface area contributed by atoms with Crippen molar-refractivity contribution in [3.05, 3.63) is 17.7 Å². The van der Waals surface area contributed by atoms with Crippen molar-refractivity contribution in [1.29, 1.82) is 0 Å². The molecule has 1 fully saturated rings. The van der Waals surface area contributed by atoms with Crippen LogP contribution in [0.4, 0.5) is 13.2 Å². The first-order valence-corrected chi connectivity index (χ1v) is 7.41. The third-order valence-electron chi connectivity index (χ3n) is 3.84. The summed E-state index contributed by atoms with van der Waals surface area (Å²) in [4.78, 5) is 31.0. The summed E-state index contributed by atoms with van der Waals surface area (Å²) in [5, 5.41) is 2.77. The van der Waals surface area contributed by atoms with Gasteiger partial charge >= 0.3 is 12.1 Å². The number of amides is 2. The highest BCUT2D eigenvalue weighted by Gasteiger charge is 2.43. The van der Waals surface area contributed by atoms with Crippen LogP contribution in [-0.2, 0) is 16.0 Å². The first-order valence-electron chi connectivity index (χ1n) is 7.41. The maximum absolute atomic E-state index is 12.3. The predicted molar refractivity (Wildman–Crippen MR) is 75.4 cm³/mol. The Morgan fingerprint density at radius 1 is 1.39 bits per heavy atom. The number of nitrogens with zero attached hydrogens (tertiary/aromatic N) is 2. The fraction of sp³-hybridized carbons (Fsp3) is 0.643. The molecule has 2 amide bonds. The van der Waals surface area contributed by atoms with E-state index < -0.39 is 12.1 Å². The second kappa shape index (κ2) is 7.01. The molecule has 0 atom stereocenters. The lowest BCUT2D eigenvalue weighted by Gasteiger charge is -2.31. The second-order valence-corrected chi connectivity index (χ2v) is 5.60. The topological polar surface area (TPSA) is 78.1 Å². The number of halogens is 3. The second-order valence-electron chi connectivity index (χ2n) is 5.60. The van der Waals surface area contributed by atoms with E-state index in [0.29, 0.717) is 13.0 Å². The van der Waals surface area contributed by atoms with Gasteiger partial charge in [-0.3, -0.25) is 9.59 Å². The lowest BCUT2D eigenvalue weighted by molar-refractivity contribution is -0.186. The normalized spacial score (nSPS) is 16.4. The van der Waals surface area contributed by atoms with Crippen LogP contribution >= 0.6 is 0 Å². The van der Waals surface area contributed by atoms with E-state index in [2.05, 4.69) is 15.3 Å². The number of rotatable bonds is 4. The Kier molecular flexibility index (Phi) is 5.27. The minimum atomic E-state index is -4.85. The Morgan fingerprint density at radius 2 is 2.04 bits per heavy atom. The molecule has 0 saturated carbocycles. The van der Waals surface area contributed by atoms with Crippen LogP contribution in [0.15, 0.2) is 6.20 Å². The minimum Gasteiger partial charge on any atom is -0.355 e. The zero-order chi connectivity index (χ0) is 17.0. The first-order chi connectivity index (χ1) is 10.8. The number of likely N-dealkylation sites (tertiary alicyclic amines) is 1. The van der Waals surface area contributed by atoms with Gasteiger partial charge in [-0.1, -0.05) is 0 Å². The summed E-state index contributed by atoms with van der Waals surface area (Å²) in [6.07, 6.45) is -2.05. The number of aryl methyl sites for hydroxylation is 1. The number of hydrogen-bond acceptors (Lipinski definition) is 3. The fourth-order valence-electron chi connectivity index (χ4n) is 2.59. The van der Waals surface area contributed by atoms with Gasteiger partial charge in [-0.25, -0.2) is 4.98 Å². The zero-order valence-electron chi connectivity index (χ0n) is 12.7. The van der Waals surface area contributed by atoms with Crippen LogP contribution in [-0.4, -0.2) is 52.5 Å². The smallest absolute Gasteiger partial charge is 0.355 e. The molecule has 0 aliphatic carbocycles. The van der Waals surface area contributed by atoms with Gasteiger partial charge in [0, 0.05) is 43.9 Å². The van der Waals surface area contributed by atoms with Crippen molar-refractivity contribution >= 4 is 11.8 Å². The van der Waals surface area contributed by atoms with Gasteiger partial charge < -0.3 is 15.2 Å². The summed E-state index contributed by atoms with van der Waals surface area (Å²) in [5.74, 6) is -1.56. The Labute approximate surface area is 131 Å². The number of alkyl halides is 3. The van der Waals surface area contributed by atoms with E-state index in [9.17, 15) is 22.8 Å². The molecule has 0 aromatic carbocycles. The molecule has 0 spiro atoms. The molecule has 0 radical (unpaired) electrons. The van der Waals surface area contributed by atoms with Gasteiger partial charge in [0.1, 0.15) is 5.82 Å². The Hall–Kier alpha value is -2.06. The highest BCUT2D eigenvalue weighted by Crippen LogP contribution is 2.23. The Balaban J connectivity index is 1.72. The number of carbonyl (C=O) groups is 2. The molecule has 1 aromatic rings. The number of nitrogens with one attached hydrogen (secondary N) is 2. The average molecular weight is 332 g/mol. The first kappa shape index (κ1) is 17.3. The molecular formula is C14H19F3N4O2. The van der Waals surface area contributed by atoms with Crippen molar-refractivity contribution in [2.45, 2.75) is 32.4 Å². The lowest BCUT2D eigenvalue weighted by atomic mass is 9.96. The average Bonchev–Trinajstić information content (AvgIpc) is 2.91. The molecule has 1 aliphatic heterocycles. The molecule has 1 aromatic heterocycles. The Morgan fingerprint density at radius 3 is 2.57 bits per heavy atom. The molecule has 1 saturated heterocycles. The third kappa shape index (κ3) is 4.70. The van der Waals surface area contributed by atoms with Crippen LogP contribution < -0.4 is 5.32 Å². The molecule has 0 bridgehead atoms. The number of hydrogen-bond donors (Lipinski definition) is 2. The lowest BCUT2D eigenvalue weighted by Crippen LogP contribution is -2.47. The molecule has 128 valence electrons. The molecular weight excluding hydrogens is 313 g/mol. The van der Waals surface area contributed by atoms with Crippen molar-refractivity contribution in [2.75, 3.05) is 19.6 Å². The van der Waals surface area contributed by atoms with Gasteiger partial charge in [0.15, 0.2) is 0 Å². The molecule has 23 heavy (non-hydrogen) atoms. The number of piperidine rings is 1. The number of aromatic amines is 1. The molecule has 2 heterocycles. The van der Waals surface area contributed by atoms with Crippen molar-refractivity contribution < 1.29 is 22.8 Å². The van der Waals surface area contributed by atoms with Gasteiger partial charge in [0.25, 0.3) is 0 Å². The summed E-state index contributed by atoms with van der Waals surface area (Å²) in [6, 6.07) is 0. The molecule has 2 rings (SSSR count). The van der Waals surface area contributed by atoms with E-state index in [-0.39, 0.29) is 37.8 Å². The molecule has 1 aliphatic rings.